The van der Waals surface area contributed by atoms with Crippen LogP contribution in [-0.2, 0) is 4.74 Å². The molecule has 1 aromatic rings. The fourth-order valence-corrected chi connectivity index (χ4v) is 2.16. The van der Waals surface area contributed by atoms with E-state index in [2.05, 4.69) is 4.98 Å². The van der Waals surface area contributed by atoms with E-state index in [9.17, 15) is 4.79 Å². The maximum atomic E-state index is 12.3. The highest BCUT2D eigenvalue weighted by Gasteiger charge is 2.23. The van der Waals surface area contributed by atoms with Crippen molar-refractivity contribution in [3.8, 4) is 0 Å². The number of anilines is 1. The summed E-state index contributed by atoms with van der Waals surface area (Å²) in [5.74, 6) is -0.0482. The van der Waals surface area contributed by atoms with Crippen LogP contribution in [-0.4, -0.2) is 41.6 Å². The first-order valence-corrected chi connectivity index (χ1v) is 6.32. The maximum absolute atomic E-state index is 12.3. The number of aromatic nitrogens is 1. The monoisotopic (exact) mass is 249 g/mol. The summed E-state index contributed by atoms with van der Waals surface area (Å²) in [6.45, 7) is 4.05. The van der Waals surface area contributed by atoms with Crippen molar-refractivity contribution >= 4 is 11.6 Å². The van der Waals surface area contributed by atoms with Gasteiger partial charge in [-0.05, 0) is 25.8 Å². The van der Waals surface area contributed by atoms with Crippen molar-refractivity contribution in [1.82, 2.24) is 9.88 Å². The Kier molecular flexibility index (Phi) is 4.15. The molecule has 18 heavy (non-hydrogen) atoms. The number of hydrogen-bond acceptors (Lipinski definition) is 4. The molecule has 1 saturated heterocycles. The number of hydrogen-bond donors (Lipinski definition) is 1. The minimum atomic E-state index is -0.0482. The zero-order chi connectivity index (χ0) is 13.0. The maximum Gasteiger partial charge on any atom is 0.256 e. The van der Waals surface area contributed by atoms with E-state index < -0.39 is 0 Å². The summed E-state index contributed by atoms with van der Waals surface area (Å²) in [4.78, 5) is 18.0. The molecule has 1 aromatic heterocycles. The molecule has 0 saturated carbocycles. The molecule has 5 nitrogen and oxygen atoms in total. The number of carbonyl (C=O) groups excluding carboxylic acids is 1. The van der Waals surface area contributed by atoms with E-state index in [1.165, 1.54) is 6.20 Å². The summed E-state index contributed by atoms with van der Waals surface area (Å²) >= 11 is 0. The Hall–Kier alpha value is -1.62. The first-order chi connectivity index (χ1) is 8.72. The largest absolute Gasteiger partial charge is 0.397 e. The van der Waals surface area contributed by atoms with E-state index >= 15 is 0 Å². The van der Waals surface area contributed by atoms with E-state index in [0.717, 1.165) is 19.4 Å². The van der Waals surface area contributed by atoms with E-state index in [1.807, 2.05) is 6.92 Å². The molecule has 5 heteroatoms. The average Bonchev–Trinajstić information content (AvgIpc) is 2.88. The Bertz CT molecular complexity index is 416. The van der Waals surface area contributed by atoms with Gasteiger partial charge < -0.3 is 15.4 Å². The lowest BCUT2D eigenvalue weighted by atomic mass is 10.1. The zero-order valence-corrected chi connectivity index (χ0v) is 10.6. The van der Waals surface area contributed by atoms with Gasteiger partial charge in [0.15, 0.2) is 0 Å². The van der Waals surface area contributed by atoms with E-state index in [1.54, 1.807) is 17.2 Å². The molecule has 98 valence electrons. The molecular formula is C13H19N3O2. The molecule has 1 aliphatic heterocycles. The van der Waals surface area contributed by atoms with Crippen LogP contribution in [0, 0.1) is 0 Å². The minimum absolute atomic E-state index is 0.0482. The Morgan fingerprint density at radius 2 is 2.50 bits per heavy atom. The van der Waals surface area contributed by atoms with E-state index in [4.69, 9.17) is 10.5 Å². The molecule has 1 unspecified atom stereocenters. The van der Waals surface area contributed by atoms with Crippen molar-refractivity contribution in [2.45, 2.75) is 25.9 Å². The van der Waals surface area contributed by atoms with Gasteiger partial charge in [-0.2, -0.15) is 0 Å². The molecule has 2 rings (SSSR count). The quantitative estimate of drug-likeness (QED) is 0.873. The van der Waals surface area contributed by atoms with Gasteiger partial charge in [-0.3, -0.25) is 9.78 Å². The molecule has 1 amide bonds. The highest BCUT2D eigenvalue weighted by atomic mass is 16.5. The molecular weight excluding hydrogens is 230 g/mol. The van der Waals surface area contributed by atoms with Crippen molar-refractivity contribution in [3.63, 3.8) is 0 Å². The molecule has 0 spiro atoms. The molecule has 0 radical (unpaired) electrons. The molecule has 1 fully saturated rings. The predicted molar refractivity (Wildman–Crippen MR) is 69.2 cm³/mol. The van der Waals surface area contributed by atoms with Crippen molar-refractivity contribution in [1.29, 1.82) is 0 Å². The smallest absolute Gasteiger partial charge is 0.256 e. The highest BCUT2D eigenvalue weighted by molar-refractivity contribution is 5.98. The zero-order valence-electron chi connectivity index (χ0n) is 10.6. The summed E-state index contributed by atoms with van der Waals surface area (Å²) in [6.07, 6.45) is 5.36. The second-order valence-electron chi connectivity index (χ2n) is 4.44. The summed E-state index contributed by atoms with van der Waals surface area (Å²) in [6, 6.07) is 1.66. The summed E-state index contributed by atoms with van der Waals surface area (Å²) in [5.41, 5.74) is 6.72. The SMILES string of the molecule is CCN(CC1CCCO1)C(=O)c1ccncc1N. The molecule has 1 atom stereocenters. The van der Waals surface area contributed by atoms with Crippen LogP contribution in [0.3, 0.4) is 0 Å². The third kappa shape index (κ3) is 2.79. The second-order valence-corrected chi connectivity index (χ2v) is 4.44. The third-order valence-electron chi connectivity index (χ3n) is 3.20. The fourth-order valence-electron chi connectivity index (χ4n) is 2.16. The number of pyridine rings is 1. The average molecular weight is 249 g/mol. The molecule has 2 N–H and O–H groups in total. The number of ether oxygens (including phenoxy) is 1. The van der Waals surface area contributed by atoms with Crippen molar-refractivity contribution < 1.29 is 9.53 Å². The predicted octanol–water partition coefficient (Wildman–Crippen LogP) is 1.30. The van der Waals surface area contributed by atoms with Crippen LogP contribution in [0.4, 0.5) is 5.69 Å². The van der Waals surface area contributed by atoms with Crippen LogP contribution in [0.15, 0.2) is 18.5 Å². The van der Waals surface area contributed by atoms with Crippen LogP contribution in [0.5, 0.6) is 0 Å². The van der Waals surface area contributed by atoms with Crippen molar-refractivity contribution in [2.24, 2.45) is 0 Å². The number of carbonyl (C=O) groups is 1. The molecule has 1 aliphatic rings. The van der Waals surface area contributed by atoms with Gasteiger partial charge in [0, 0.05) is 25.9 Å². The number of nitrogens with two attached hydrogens (primary N) is 1. The van der Waals surface area contributed by atoms with Gasteiger partial charge in [0.25, 0.3) is 5.91 Å². The third-order valence-corrected chi connectivity index (χ3v) is 3.20. The molecule has 2 heterocycles. The Labute approximate surface area is 107 Å². The highest BCUT2D eigenvalue weighted by Crippen LogP contribution is 2.17. The fraction of sp³-hybridized carbons (Fsp3) is 0.538. The van der Waals surface area contributed by atoms with E-state index in [-0.39, 0.29) is 12.0 Å². The van der Waals surface area contributed by atoms with Crippen molar-refractivity contribution in [2.75, 3.05) is 25.4 Å². The molecule has 0 aromatic carbocycles. The standard InChI is InChI=1S/C13H19N3O2/c1-2-16(9-10-4-3-7-18-10)13(17)11-5-6-15-8-12(11)14/h5-6,8,10H,2-4,7,9,14H2,1H3. The lowest BCUT2D eigenvalue weighted by Gasteiger charge is -2.24. The van der Waals surface area contributed by atoms with Gasteiger partial charge >= 0.3 is 0 Å². The number of nitrogens with zero attached hydrogens (tertiary/aromatic N) is 2. The Morgan fingerprint density at radius 1 is 1.67 bits per heavy atom. The van der Waals surface area contributed by atoms with Crippen LogP contribution in [0.1, 0.15) is 30.1 Å². The van der Waals surface area contributed by atoms with Crippen LogP contribution < -0.4 is 5.73 Å². The lowest BCUT2D eigenvalue weighted by Crippen LogP contribution is -2.37. The minimum Gasteiger partial charge on any atom is -0.397 e. The summed E-state index contributed by atoms with van der Waals surface area (Å²) < 4.78 is 5.56. The van der Waals surface area contributed by atoms with Gasteiger partial charge in [-0.25, -0.2) is 0 Å². The van der Waals surface area contributed by atoms with Gasteiger partial charge in [-0.1, -0.05) is 0 Å². The number of rotatable bonds is 4. The Morgan fingerprint density at radius 3 is 3.11 bits per heavy atom. The second kappa shape index (κ2) is 5.82. The Balaban J connectivity index is 2.07. The van der Waals surface area contributed by atoms with Gasteiger partial charge in [0.2, 0.25) is 0 Å². The molecule has 0 bridgehead atoms. The van der Waals surface area contributed by atoms with Gasteiger partial charge in [0.1, 0.15) is 0 Å². The normalized spacial score (nSPS) is 18.8. The number of likely N-dealkylation sites (N-methyl/N-ethyl adjacent to an activating group) is 1. The van der Waals surface area contributed by atoms with Crippen molar-refractivity contribution in [3.05, 3.63) is 24.0 Å². The lowest BCUT2D eigenvalue weighted by molar-refractivity contribution is 0.0540. The van der Waals surface area contributed by atoms with Gasteiger partial charge in [0.05, 0.1) is 23.6 Å². The first kappa shape index (κ1) is 12.8. The molecule has 0 aliphatic carbocycles. The van der Waals surface area contributed by atoms with E-state index in [0.29, 0.717) is 24.3 Å². The first-order valence-electron chi connectivity index (χ1n) is 6.32. The van der Waals surface area contributed by atoms with Crippen LogP contribution in [0.25, 0.3) is 0 Å². The van der Waals surface area contributed by atoms with Crippen LogP contribution >= 0.6 is 0 Å². The summed E-state index contributed by atoms with van der Waals surface area (Å²) in [7, 11) is 0. The van der Waals surface area contributed by atoms with Gasteiger partial charge in [-0.15, -0.1) is 0 Å². The topological polar surface area (TPSA) is 68.5 Å². The number of amides is 1. The van der Waals surface area contributed by atoms with Crippen LogP contribution in [0.2, 0.25) is 0 Å². The number of nitrogen functional groups attached to an aromatic ring is 1. The summed E-state index contributed by atoms with van der Waals surface area (Å²) in [5, 5.41) is 0.